The number of aromatic nitrogens is 2. The van der Waals surface area contributed by atoms with Gasteiger partial charge < -0.3 is 14.3 Å². The smallest absolute Gasteiger partial charge is 0.287 e. The number of aryl methyl sites for hydroxylation is 1. The largest absolute Gasteiger partial charge is 0.451 e. The maximum Gasteiger partial charge on any atom is 0.287 e. The van der Waals surface area contributed by atoms with Gasteiger partial charge in [-0.3, -0.25) is 4.79 Å². The Hall–Kier alpha value is -3.12. The molecule has 1 amide bonds. The van der Waals surface area contributed by atoms with Gasteiger partial charge in [-0.05, 0) is 42.0 Å². The minimum atomic E-state index is -0.560. The lowest BCUT2D eigenvalue weighted by Crippen LogP contribution is -2.30. The minimum Gasteiger partial charge on any atom is -0.451 e. The first-order valence-electron chi connectivity index (χ1n) is 8.24. The Morgan fingerprint density at radius 2 is 2.00 bits per heavy atom. The monoisotopic (exact) mass is 383 g/mol. The number of carbonyl (C=O) groups excluding carboxylic acids is 1. The lowest BCUT2D eigenvalue weighted by atomic mass is 10.1. The fourth-order valence-electron chi connectivity index (χ4n) is 2.94. The highest BCUT2D eigenvalue weighted by Crippen LogP contribution is 2.25. The van der Waals surface area contributed by atoms with Gasteiger partial charge in [-0.25, -0.2) is 9.37 Å². The third kappa shape index (κ3) is 3.44. The first-order valence-corrected chi connectivity index (χ1v) is 8.62. The number of fused-ring (bicyclic) bond motifs is 1. The van der Waals surface area contributed by atoms with E-state index in [-0.39, 0.29) is 11.6 Å². The highest BCUT2D eigenvalue weighted by Gasteiger charge is 2.23. The summed E-state index contributed by atoms with van der Waals surface area (Å²) in [5, 5.41) is 4.22. The second-order valence-corrected chi connectivity index (χ2v) is 6.58. The van der Waals surface area contributed by atoms with Gasteiger partial charge >= 0.3 is 0 Å². The second kappa shape index (κ2) is 6.89. The highest BCUT2D eigenvalue weighted by atomic mass is 35.5. The molecule has 0 radical (unpaired) electrons. The topological polar surface area (TPSA) is 60.1 Å². The van der Waals surface area contributed by atoms with E-state index < -0.39 is 11.9 Å². The molecule has 0 aliphatic heterocycles. The molecular weight excluding hydrogens is 369 g/mol. The predicted octanol–water partition coefficient (Wildman–Crippen LogP) is 4.48. The first kappa shape index (κ1) is 17.3. The van der Waals surface area contributed by atoms with Crippen molar-refractivity contribution in [3.8, 4) is 0 Å². The molecule has 4 aromatic rings. The zero-order valence-electron chi connectivity index (χ0n) is 14.3. The van der Waals surface area contributed by atoms with Gasteiger partial charge in [-0.1, -0.05) is 23.7 Å². The number of rotatable bonds is 4. The molecule has 0 fully saturated rings. The van der Waals surface area contributed by atoms with E-state index in [1.807, 2.05) is 7.05 Å². The molecule has 0 aliphatic carbocycles. The van der Waals surface area contributed by atoms with E-state index in [4.69, 9.17) is 16.0 Å². The third-order valence-corrected chi connectivity index (χ3v) is 4.53. The van der Waals surface area contributed by atoms with Crippen molar-refractivity contribution in [2.24, 2.45) is 7.05 Å². The van der Waals surface area contributed by atoms with Gasteiger partial charge in [0.15, 0.2) is 5.76 Å². The van der Waals surface area contributed by atoms with Crippen LogP contribution < -0.4 is 5.32 Å². The van der Waals surface area contributed by atoms with Crippen LogP contribution in [-0.4, -0.2) is 15.5 Å². The number of furan rings is 1. The Kier molecular flexibility index (Phi) is 4.41. The Labute approximate surface area is 159 Å². The van der Waals surface area contributed by atoms with Crippen LogP contribution in [0, 0.1) is 5.82 Å². The number of hydrogen-bond donors (Lipinski definition) is 1. The second-order valence-electron chi connectivity index (χ2n) is 6.15. The van der Waals surface area contributed by atoms with Crippen LogP contribution in [0.2, 0.25) is 5.02 Å². The molecule has 0 unspecified atom stereocenters. The van der Waals surface area contributed by atoms with Crippen molar-refractivity contribution in [3.63, 3.8) is 0 Å². The molecule has 0 saturated carbocycles. The van der Waals surface area contributed by atoms with Gasteiger partial charge in [-0.2, -0.15) is 0 Å². The van der Waals surface area contributed by atoms with Gasteiger partial charge in [0.1, 0.15) is 23.3 Å². The number of imidazole rings is 1. The Balaban J connectivity index is 1.68. The first-order chi connectivity index (χ1) is 13.0. The average Bonchev–Trinajstić information content (AvgIpc) is 3.26. The normalized spacial score (nSPS) is 12.3. The maximum atomic E-state index is 13.3. The van der Waals surface area contributed by atoms with Gasteiger partial charge in [0, 0.05) is 29.9 Å². The Bertz CT molecular complexity index is 1120. The van der Waals surface area contributed by atoms with Crippen molar-refractivity contribution >= 4 is 28.5 Å². The minimum absolute atomic E-state index is 0.161. The summed E-state index contributed by atoms with van der Waals surface area (Å²) in [6.07, 6.45) is 3.42. The van der Waals surface area contributed by atoms with E-state index in [9.17, 15) is 9.18 Å². The number of nitrogens with zero attached hydrogens (tertiary/aromatic N) is 2. The van der Waals surface area contributed by atoms with E-state index in [1.54, 1.807) is 53.4 Å². The maximum absolute atomic E-state index is 13.3. The summed E-state index contributed by atoms with van der Waals surface area (Å²) in [5.74, 6) is 0.0279. The summed E-state index contributed by atoms with van der Waals surface area (Å²) in [6.45, 7) is 0. The molecule has 27 heavy (non-hydrogen) atoms. The number of nitrogens with one attached hydrogen (secondary N) is 1. The van der Waals surface area contributed by atoms with Crippen LogP contribution in [0.5, 0.6) is 0 Å². The highest BCUT2D eigenvalue weighted by molar-refractivity contribution is 6.31. The van der Waals surface area contributed by atoms with Crippen molar-refractivity contribution in [2.45, 2.75) is 6.04 Å². The summed E-state index contributed by atoms with van der Waals surface area (Å²) in [7, 11) is 1.83. The van der Waals surface area contributed by atoms with Crippen LogP contribution >= 0.6 is 11.6 Å². The van der Waals surface area contributed by atoms with E-state index in [0.717, 1.165) is 5.39 Å². The van der Waals surface area contributed by atoms with Gasteiger partial charge in [-0.15, -0.1) is 0 Å². The lowest BCUT2D eigenvalue weighted by Gasteiger charge is -2.18. The average molecular weight is 384 g/mol. The summed E-state index contributed by atoms with van der Waals surface area (Å²) in [5.41, 5.74) is 1.28. The summed E-state index contributed by atoms with van der Waals surface area (Å²) >= 11 is 5.99. The Morgan fingerprint density at radius 3 is 2.70 bits per heavy atom. The summed E-state index contributed by atoms with van der Waals surface area (Å²) < 4.78 is 20.7. The standard InChI is InChI=1S/C20H15ClFN3O2/c1-25-9-8-23-19(25)18(12-2-5-15(22)6-3-12)24-20(26)17-11-13-10-14(21)4-7-16(13)27-17/h2-11,18H,1H3,(H,24,26)/t18-/m0/s1. The zero-order valence-corrected chi connectivity index (χ0v) is 15.1. The molecule has 0 spiro atoms. The SMILES string of the molecule is Cn1ccnc1[C@@H](NC(=O)c1cc2cc(Cl)ccc2o1)c1ccc(F)cc1. The van der Waals surface area contributed by atoms with Gasteiger partial charge in [0.2, 0.25) is 0 Å². The van der Waals surface area contributed by atoms with Crippen molar-refractivity contribution in [2.75, 3.05) is 0 Å². The van der Waals surface area contributed by atoms with Crippen LogP contribution in [-0.2, 0) is 7.05 Å². The molecule has 1 atom stereocenters. The number of carbonyl (C=O) groups is 1. The van der Waals surface area contributed by atoms with E-state index >= 15 is 0 Å². The van der Waals surface area contributed by atoms with Crippen LogP contribution in [0.1, 0.15) is 28.0 Å². The Morgan fingerprint density at radius 1 is 1.22 bits per heavy atom. The lowest BCUT2D eigenvalue weighted by molar-refractivity contribution is 0.0915. The summed E-state index contributed by atoms with van der Waals surface area (Å²) in [4.78, 5) is 17.1. The zero-order chi connectivity index (χ0) is 19.0. The number of hydrogen-bond acceptors (Lipinski definition) is 3. The fraction of sp³-hybridized carbons (Fsp3) is 0.100. The van der Waals surface area contributed by atoms with Crippen molar-refractivity contribution in [1.82, 2.24) is 14.9 Å². The molecule has 7 heteroatoms. The summed E-state index contributed by atoms with van der Waals surface area (Å²) in [6, 6.07) is 12.1. The van der Waals surface area contributed by atoms with Crippen molar-refractivity contribution < 1.29 is 13.6 Å². The number of halogens is 2. The van der Waals surface area contributed by atoms with E-state index in [0.29, 0.717) is 22.0 Å². The quantitative estimate of drug-likeness (QED) is 0.565. The molecule has 5 nitrogen and oxygen atoms in total. The molecule has 0 saturated heterocycles. The van der Waals surface area contributed by atoms with Crippen LogP contribution in [0.4, 0.5) is 4.39 Å². The van der Waals surface area contributed by atoms with Gasteiger partial charge in [0.25, 0.3) is 5.91 Å². The van der Waals surface area contributed by atoms with E-state index in [1.165, 1.54) is 12.1 Å². The molecule has 4 rings (SSSR count). The molecule has 0 bridgehead atoms. The van der Waals surface area contributed by atoms with E-state index in [2.05, 4.69) is 10.3 Å². The molecule has 2 heterocycles. The van der Waals surface area contributed by atoms with Crippen LogP contribution in [0.15, 0.2) is 65.3 Å². The molecule has 0 aliphatic rings. The molecule has 1 N–H and O–H groups in total. The molecule has 136 valence electrons. The van der Waals surface area contributed by atoms with Crippen LogP contribution in [0.25, 0.3) is 11.0 Å². The van der Waals surface area contributed by atoms with Crippen LogP contribution in [0.3, 0.4) is 0 Å². The molecular formula is C20H15ClFN3O2. The fourth-order valence-corrected chi connectivity index (χ4v) is 3.12. The van der Waals surface area contributed by atoms with Crippen molar-refractivity contribution in [1.29, 1.82) is 0 Å². The third-order valence-electron chi connectivity index (χ3n) is 4.30. The molecule has 2 aromatic heterocycles. The number of amides is 1. The van der Waals surface area contributed by atoms with Gasteiger partial charge in [0.05, 0.1) is 0 Å². The number of benzene rings is 2. The molecule has 2 aromatic carbocycles. The predicted molar refractivity (Wildman–Crippen MR) is 100 cm³/mol. The van der Waals surface area contributed by atoms with Crippen molar-refractivity contribution in [3.05, 3.63) is 88.9 Å².